The molecule has 2 atom stereocenters. The predicted octanol–water partition coefficient (Wildman–Crippen LogP) is 5.88. The van der Waals surface area contributed by atoms with Crippen LogP contribution in [0.3, 0.4) is 0 Å². The third-order valence-electron chi connectivity index (χ3n) is 8.87. The number of nitrogens with one attached hydrogen (secondary N) is 1. The van der Waals surface area contributed by atoms with Gasteiger partial charge in [-0.3, -0.25) is 9.69 Å². The van der Waals surface area contributed by atoms with Crippen molar-refractivity contribution < 1.29 is 19.4 Å². The monoisotopic (exact) mass is 500 g/mol. The van der Waals surface area contributed by atoms with E-state index in [1.165, 1.54) is 0 Å². The van der Waals surface area contributed by atoms with Crippen LogP contribution in [0.2, 0.25) is 5.02 Å². The number of amides is 2. The summed E-state index contributed by atoms with van der Waals surface area (Å²) in [6, 6.07) is 6.16. The van der Waals surface area contributed by atoms with Crippen LogP contribution >= 0.6 is 11.6 Å². The zero-order chi connectivity index (χ0) is 25.2. The molecule has 6 nitrogen and oxygen atoms in total. The molecular formula is C28H37ClN2O4. The Morgan fingerprint density at radius 3 is 2.60 bits per heavy atom. The summed E-state index contributed by atoms with van der Waals surface area (Å²) in [6.45, 7) is 7.38. The number of hydrogen-bond donors (Lipinski definition) is 2. The number of rotatable bonds is 7. The van der Waals surface area contributed by atoms with E-state index in [1.807, 2.05) is 12.3 Å². The molecule has 4 saturated carbocycles. The maximum absolute atomic E-state index is 13.5. The number of fused-ring (bicyclic) bond motifs is 1. The summed E-state index contributed by atoms with van der Waals surface area (Å²) in [7, 11) is 1.73. The summed E-state index contributed by atoms with van der Waals surface area (Å²) in [5.74, 6) is -0.353. The van der Waals surface area contributed by atoms with E-state index in [-0.39, 0.29) is 17.0 Å². The number of hydrogen-bond acceptors (Lipinski definition) is 3. The largest absolute Gasteiger partial charge is 0.481 e. The van der Waals surface area contributed by atoms with E-state index in [0.717, 1.165) is 53.8 Å². The zero-order valence-electron chi connectivity index (χ0n) is 21.2. The van der Waals surface area contributed by atoms with Gasteiger partial charge in [-0.25, -0.2) is 4.79 Å². The van der Waals surface area contributed by atoms with Crippen molar-refractivity contribution in [2.45, 2.75) is 83.2 Å². The Bertz CT molecular complexity index is 1070. The van der Waals surface area contributed by atoms with Crippen LogP contribution in [0.5, 0.6) is 0 Å². The van der Waals surface area contributed by atoms with Gasteiger partial charge in [0.1, 0.15) is 0 Å². The molecule has 6 rings (SSSR count). The normalized spacial score (nSPS) is 33.7. The minimum atomic E-state index is -0.738. The van der Waals surface area contributed by atoms with Crippen LogP contribution < -0.4 is 5.32 Å². The molecule has 1 aromatic carbocycles. The van der Waals surface area contributed by atoms with E-state index in [4.69, 9.17) is 16.3 Å². The van der Waals surface area contributed by atoms with E-state index in [1.54, 1.807) is 12.0 Å². The van der Waals surface area contributed by atoms with Crippen LogP contribution in [0.1, 0.15) is 76.8 Å². The first-order chi connectivity index (χ1) is 16.4. The molecule has 35 heavy (non-hydrogen) atoms. The highest BCUT2D eigenvalue weighted by Crippen LogP contribution is 2.70. The van der Waals surface area contributed by atoms with Gasteiger partial charge in [0, 0.05) is 24.9 Å². The molecule has 1 aliphatic heterocycles. The Balaban J connectivity index is 1.46. The van der Waals surface area contributed by atoms with E-state index in [2.05, 4.69) is 38.2 Å². The lowest BCUT2D eigenvalue weighted by atomic mass is 9.38. The van der Waals surface area contributed by atoms with Gasteiger partial charge in [0.25, 0.3) is 0 Å². The van der Waals surface area contributed by atoms with Gasteiger partial charge < -0.3 is 15.2 Å². The van der Waals surface area contributed by atoms with Crippen molar-refractivity contribution in [3.8, 4) is 0 Å². The van der Waals surface area contributed by atoms with Gasteiger partial charge in [-0.15, -0.1) is 0 Å². The molecule has 1 aromatic rings. The molecule has 2 amide bonds. The number of carbonyl (C=O) groups is 2. The van der Waals surface area contributed by atoms with E-state index >= 15 is 0 Å². The van der Waals surface area contributed by atoms with Crippen molar-refractivity contribution in [3.63, 3.8) is 0 Å². The molecule has 4 fully saturated rings. The molecule has 1 unspecified atom stereocenters. The number of carbonyl (C=O) groups excluding carboxylic acids is 1. The number of urea groups is 1. The van der Waals surface area contributed by atoms with Gasteiger partial charge in [-0.05, 0) is 85.5 Å². The van der Waals surface area contributed by atoms with Gasteiger partial charge in [0.05, 0.1) is 16.5 Å². The molecule has 0 radical (unpaired) electrons. The molecule has 5 aliphatic rings. The quantitative estimate of drug-likeness (QED) is 0.490. The summed E-state index contributed by atoms with van der Waals surface area (Å²) in [6.07, 6.45) is 8.17. The van der Waals surface area contributed by atoms with Crippen LogP contribution in [0, 0.1) is 16.7 Å². The van der Waals surface area contributed by atoms with E-state index < -0.39 is 16.9 Å². The summed E-state index contributed by atoms with van der Waals surface area (Å²) in [5.41, 5.74) is 1.99. The Hall–Kier alpha value is -2.05. The van der Waals surface area contributed by atoms with Crippen molar-refractivity contribution in [1.82, 2.24) is 10.2 Å². The fourth-order valence-corrected chi connectivity index (χ4v) is 7.08. The fourth-order valence-electron chi connectivity index (χ4n) is 6.81. The second-order valence-corrected chi connectivity index (χ2v) is 13.0. The molecule has 2 N–H and O–H groups in total. The molecule has 0 saturated heterocycles. The highest BCUT2D eigenvalue weighted by molar-refractivity contribution is 6.31. The standard InChI is InChI=1S/C28H37ClN2O4/c1-25(2,3)9-8-19-5-6-20(12-22(19)29)28-10-7-18(14-35-4)11-21(28)13-31(24(34)30-28)27-15-26(16-27,17-27)23(32)33/h5-6,12-13,18H,7-11,14-17H2,1-4H3,(H,30,34)(H,32,33)/t18?,26?,27?,28-/m1/s1. The number of carboxylic acids is 1. The van der Waals surface area contributed by atoms with Crippen molar-refractivity contribution in [3.05, 3.63) is 46.1 Å². The first-order valence-corrected chi connectivity index (χ1v) is 13.1. The van der Waals surface area contributed by atoms with Gasteiger partial charge in [-0.1, -0.05) is 44.5 Å². The van der Waals surface area contributed by atoms with Crippen LogP contribution in [0.15, 0.2) is 30.0 Å². The number of carboxylic acid groups (broad SMARTS) is 1. The molecule has 0 spiro atoms. The van der Waals surface area contributed by atoms with Gasteiger partial charge in [-0.2, -0.15) is 0 Å². The van der Waals surface area contributed by atoms with E-state index in [0.29, 0.717) is 31.8 Å². The minimum Gasteiger partial charge on any atom is -0.481 e. The maximum Gasteiger partial charge on any atom is 0.322 e. The highest BCUT2D eigenvalue weighted by Gasteiger charge is 2.75. The number of methoxy groups -OCH3 is 1. The topological polar surface area (TPSA) is 78.9 Å². The lowest BCUT2D eigenvalue weighted by molar-refractivity contribution is -0.215. The number of ether oxygens (including phenoxy) is 1. The van der Waals surface area contributed by atoms with Crippen molar-refractivity contribution >= 4 is 23.6 Å². The molecule has 190 valence electrons. The fraction of sp³-hybridized carbons (Fsp3) is 0.643. The van der Waals surface area contributed by atoms with E-state index in [9.17, 15) is 14.7 Å². The van der Waals surface area contributed by atoms with Crippen LogP contribution in [0.25, 0.3) is 0 Å². The van der Waals surface area contributed by atoms with Crippen LogP contribution in [-0.2, 0) is 21.5 Å². The average molecular weight is 501 g/mol. The maximum atomic E-state index is 13.5. The minimum absolute atomic E-state index is 0.134. The lowest BCUT2D eigenvalue weighted by Gasteiger charge is -2.71. The molecule has 2 bridgehead atoms. The number of aliphatic carboxylic acids is 1. The summed E-state index contributed by atoms with van der Waals surface area (Å²) >= 11 is 6.79. The summed E-state index contributed by atoms with van der Waals surface area (Å²) in [4.78, 5) is 26.9. The lowest BCUT2D eigenvalue weighted by Crippen LogP contribution is -2.78. The Morgan fingerprint density at radius 1 is 1.29 bits per heavy atom. The molecule has 1 heterocycles. The Kier molecular flexibility index (Phi) is 5.80. The third kappa shape index (κ3) is 3.97. The molecular weight excluding hydrogens is 464 g/mol. The molecule has 4 aliphatic carbocycles. The smallest absolute Gasteiger partial charge is 0.322 e. The summed E-state index contributed by atoms with van der Waals surface area (Å²) < 4.78 is 5.47. The van der Waals surface area contributed by atoms with Crippen molar-refractivity contribution in [1.29, 1.82) is 0 Å². The van der Waals surface area contributed by atoms with Crippen LogP contribution in [0.4, 0.5) is 4.79 Å². The Morgan fingerprint density at radius 2 is 2.00 bits per heavy atom. The first kappa shape index (κ1) is 24.6. The zero-order valence-corrected chi connectivity index (χ0v) is 22.0. The highest BCUT2D eigenvalue weighted by atomic mass is 35.5. The SMILES string of the molecule is COCC1CC[C@]2(c3ccc(CCC(C)(C)C)c(Cl)c3)NC(=O)N(C34CC(C(=O)O)(C3)C4)C=C2C1. The number of nitrogens with zero attached hydrogens (tertiary/aromatic N) is 1. The number of aryl methyl sites for hydroxylation is 1. The molecule has 7 heteroatoms. The first-order valence-electron chi connectivity index (χ1n) is 12.8. The van der Waals surface area contributed by atoms with Crippen molar-refractivity contribution in [2.75, 3.05) is 13.7 Å². The second-order valence-electron chi connectivity index (χ2n) is 12.6. The molecule has 0 aromatic heterocycles. The van der Waals surface area contributed by atoms with Gasteiger partial charge >= 0.3 is 12.0 Å². The van der Waals surface area contributed by atoms with Gasteiger partial charge in [0.2, 0.25) is 0 Å². The van der Waals surface area contributed by atoms with Crippen molar-refractivity contribution in [2.24, 2.45) is 16.7 Å². The number of halogens is 1. The Labute approximate surface area is 213 Å². The predicted molar refractivity (Wildman–Crippen MR) is 135 cm³/mol. The number of benzene rings is 1. The second kappa shape index (κ2) is 8.24. The summed E-state index contributed by atoms with van der Waals surface area (Å²) in [5, 5.41) is 13.7. The van der Waals surface area contributed by atoms with Gasteiger partial charge in [0.15, 0.2) is 0 Å². The average Bonchev–Trinajstić information content (AvgIpc) is 2.71. The van der Waals surface area contributed by atoms with Crippen LogP contribution in [-0.4, -0.2) is 41.3 Å². The third-order valence-corrected chi connectivity index (χ3v) is 9.22.